The molecular weight excluding hydrogens is 164 g/mol. The van der Waals surface area contributed by atoms with E-state index < -0.39 is 15.3 Å². The SMILES string of the molecule is CCNS(=O)(=O)C(CC)CN. The second-order valence-electron chi connectivity index (χ2n) is 2.31. The number of hydrogen-bond donors (Lipinski definition) is 2. The summed E-state index contributed by atoms with van der Waals surface area (Å²) in [6.07, 6.45) is 0.561. The predicted octanol–water partition coefficient (Wildman–Crippen LogP) is -0.337. The highest BCUT2D eigenvalue weighted by Crippen LogP contribution is 2.00. The summed E-state index contributed by atoms with van der Waals surface area (Å²) in [5.74, 6) is 0. The van der Waals surface area contributed by atoms with Gasteiger partial charge < -0.3 is 5.73 Å². The zero-order chi connectivity index (χ0) is 8.91. The van der Waals surface area contributed by atoms with Gasteiger partial charge in [-0.2, -0.15) is 0 Å². The molecule has 0 rings (SSSR count). The zero-order valence-electron chi connectivity index (χ0n) is 7.00. The summed E-state index contributed by atoms with van der Waals surface area (Å²) in [5.41, 5.74) is 5.28. The van der Waals surface area contributed by atoms with Crippen molar-refractivity contribution in [3.8, 4) is 0 Å². The quantitative estimate of drug-likeness (QED) is 0.608. The molecule has 0 saturated carbocycles. The van der Waals surface area contributed by atoms with Gasteiger partial charge in [-0.1, -0.05) is 13.8 Å². The molecule has 68 valence electrons. The lowest BCUT2D eigenvalue weighted by atomic mass is 10.3. The smallest absolute Gasteiger partial charge is 0.215 e. The van der Waals surface area contributed by atoms with Crippen LogP contribution in [0.2, 0.25) is 0 Å². The van der Waals surface area contributed by atoms with Crippen molar-refractivity contribution in [3.05, 3.63) is 0 Å². The van der Waals surface area contributed by atoms with Crippen molar-refractivity contribution in [1.29, 1.82) is 0 Å². The molecule has 0 aliphatic rings. The van der Waals surface area contributed by atoms with Gasteiger partial charge >= 0.3 is 0 Å². The summed E-state index contributed by atoms with van der Waals surface area (Å²) >= 11 is 0. The normalized spacial score (nSPS) is 14.8. The topological polar surface area (TPSA) is 72.2 Å². The Morgan fingerprint density at radius 2 is 2.00 bits per heavy atom. The first-order valence-electron chi connectivity index (χ1n) is 3.77. The molecule has 3 N–H and O–H groups in total. The van der Waals surface area contributed by atoms with E-state index in [0.29, 0.717) is 13.0 Å². The lowest BCUT2D eigenvalue weighted by Crippen LogP contribution is -2.38. The maximum absolute atomic E-state index is 11.2. The fourth-order valence-corrected chi connectivity index (χ4v) is 2.16. The molecule has 0 heterocycles. The van der Waals surface area contributed by atoms with E-state index >= 15 is 0 Å². The number of rotatable bonds is 5. The molecule has 1 unspecified atom stereocenters. The molecule has 0 spiro atoms. The molecule has 0 aromatic rings. The van der Waals surface area contributed by atoms with Gasteiger partial charge in [0.05, 0.1) is 5.25 Å². The van der Waals surface area contributed by atoms with Crippen molar-refractivity contribution >= 4 is 10.0 Å². The summed E-state index contributed by atoms with van der Waals surface area (Å²) in [4.78, 5) is 0. The van der Waals surface area contributed by atoms with E-state index in [2.05, 4.69) is 4.72 Å². The molecule has 0 radical (unpaired) electrons. The van der Waals surface area contributed by atoms with E-state index in [1.807, 2.05) is 6.92 Å². The Morgan fingerprint density at radius 1 is 1.45 bits per heavy atom. The molecule has 0 saturated heterocycles. The fraction of sp³-hybridized carbons (Fsp3) is 1.00. The lowest BCUT2D eigenvalue weighted by molar-refractivity contribution is 0.563. The predicted molar refractivity (Wildman–Crippen MR) is 45.7 cm³/mol. The Kier molecular flexibility index (Phi) is 4.63. The van der Waals surface area contributed by atoms with Gasteiger partial charge in [-0.25, -0.2) is 13.1 Å². The first-order chi connectivity index (χ1) is 5.08. The van der Waals surface area contributed by atoms with Crippen LogP contribution >= 0.6 is 0 Å². The summed E-state index contributed by atoms with van der Waals surface area (Å²) < 4.78 is 24.8. The highest BCUT2D eigenvalue weighted by atomic mass is 32.2. The van der Waals surface area contributed by atoms with Gasteiger partial charge in [-0.3, -0.25) is 0 Å². The average molecular weight is 180 g/mol. The van der Waals surface area contributed by atoms with Gasteiger partial charge in [-0.15, -0.1) is 0 Å². The molecule has 0 amide bonds. The molecular formula is C6H16N2O2S. The van der Waals surface area contributed by atoms with E-state index in [1.165, 1.54) is 0 Å². The van der Waals surface area contributed by atoms with Gasteiger partial charge in [0.25, 0.3) is 0 Å². The third kappa shape index (κ3) is 3.18. The van der Waals surface area contributed by atoms with E-state index in [1.54, 1.807) is 6.92 Å². The largest absolute Gasteiger partial charge is 0.329 e. The molecule has 0 aliphatic carbocycles. The lowest BCUT2D eigenvalue weighted by Gasteiger charge is -2.12. The molecule has 0 bridgehead atoms. The van der Waals surface area contributed by atoms with Crippen LogP contribution in [-0.2, 0) is 10.0 Å². The van der Waals surface area contributed by atoms with E-state index in [9.17, 15) is 8.42 Å². The van der Waals surface area contributed by atoms with Crippen LogP contribution in [0.15, 0.2) is 0 Å². The Morgan fingerprint density at radius 3 is 2.27 bits per heavy atom. The molecule has 11 heavy (non-hydrogen) atoms. The maximum atomic E-state index is 11.2. The first-order valence-corrected chi connectivity index (χ1v) is 5.31. The monoisotopic (exact) mass is 180 g/mol. The minimum Gasteiger partial charge on any atom is -0.329 e. The minimum absolute atomic E-state index is 0.186. The number of hydrogen-bond acceptors (Lipinski definition) is 3. The van der Waals surface area contributed by atoms with Gasteiger partial charge in [0.1, 0.15) is 0 Å². The zero-order valence-corrected chi connectivity index (χ0v) is 7.82. The van der Waals surface area contributed by atoms with Crippen molar-refractivity contribution in [1.82, 2.24) is 4.72 Å². The van der Waals surface area contributed by atoms with Crippen molar-refractivity contribution in [2.75, 3.05) is 13.1 Å². The summed E-state index contributed by atoms with van der Waals surface area (Å²) in [6, 6.07) is 0. The summed E-state index contributed by atoms with van der Waals surface area (Å²) in [7, 11) is -3.15. The Balaban J connectivity index is 4.26. The van der Waals surface area contributed by atoms with Crippen LogP contribution in [0.4, 0.5) is 0 Å². The number of sulfonamides is 1. The van der Waals surface area contributed by atoms with Crippen molar-refractivity contribution < 1.29 is 8.42 Å². The third-order valence-electron chi connectivity index (χ3n) is 1.50. The van der Waals surface area contributed by atoms with Gasteiger partial charge in [0, 0.05) is 13.1 Å². The average Bonchev–Trinajstić information content (AvgIpc) is 1.89. The Bertz CT molecular complexity index is 185. The van der Waals surface area contributed by atoms with Crippen LogP contribution in [0.1, 0.15) is 20.3 Å². The van der Waals surface area contributed by atoms with E-state index in [4.69, 9.17) is 5.73 Å². The molecule has 5 heteroatoms. The molecule has 1 atom stereocenters. The number of nitrogens with one attached hydrogen (secondary N) is 1. The summed E-state index contributed by atoms with van der Waals surface area (Å²) in [5, 5.41) is -0.442. The molecule has 0 fully saturated rings. The van der Waals surface area contributed by atoms with Crippen LogP contribution in [-0.4, -0.2) is 26.8 Å². The maximum Gasteiger partial charge on any atom is 0.215 e. The standard InChI is InChI=1S/C6H16N2O2S/c1-3-6(5-7)11(9,10)8-4-2/h6,8H,3-5,7H2,1-2H3. The first kappa shape index (κ1) is 10.9. The van der Waals surface area contributed by atoms with Crippen molar-refractivity contribution in [3.63, 3.8) is 0 Å². The molecule has 0 aromatic carbocycles. The van der Waals surface area contributed by atoms with E-state index in [-0.39, 0.29) is 6.54 Å². The molecule has 0 aromatic heterocycles. The van der Waals surface area contributed by atoms with Crippen LogP contribution in [0.3, 0.4) is 0 Å². The van der Waals surface area contributed by atoms with Crippen LogP contribution in [0.5, 0.6) is 0 Å². The van der Waals surface area contributed by atoms with Gasteiger partial charge in [0.15, 0.2) is 0 Å². The Labute approximate surface area is 68.2 Å². The van der Waals surface area contributed by atoms with Crippen LogP contribution in [0, 0.1) is 0 Å². The summed E-state index contributed by atoms with van der Waals surface area (Å²) in [6.45, 7) is 4.18. The van der Waals surface area contributed by atoms with Crippen molar-refractivity contribution in [2.45, 2.75) is 25.5 Å². The molecule has 4 nitrogen and oxygen atoms in total. The number of nitrogens with two attached hydrogens (primary N) is 1. The van der Waals surface area contributed by atoms with Crippen LogP contribution in [0.25, 0.3) is 0 Å². The molecule has 0 aliphatic heterocycles. The second kappa shape index (κ2) is 4.69. The van der Waals surface area contributed by atoms with Crippen molar-refractivity contribution in [2.24, 2.45) is 5.73 Å². The second-order valence-corrected chi connectivity index (χ2v) is 4.35. The van der Waals surface area contributed by atoms with E-state index in [0.717, 1.165) is 0 Å². The third-order valence-corrected chi connectivity index (χ3v) is 3.60. The van der Waals surface area contributed by atoms with Gasteiger partial charge in [0.2, 0.25) is 10.0 Å². The highest BCUT2D eigenvalue weighted by Gasteiger charge is 2.20. The Hall–Kier alpha value is -0.130. The highest BCUT2D eigenvalue weighted by molar-refractivity contribution is 7.90. The van der Waals surface area contributed by atoms with Gasteiger partial charge in [-0.05, 0) is 6.42 Å². The van der Waals surface area contributed by atoms with Crippen LogP contribution < -0.4 is 10.5 Å². The minimum atomic E-state index is -3.15. The fourth-order valence-electron chi connectivity index (χ4n) is 0.832.